The minimum absolute atomic E-state index is 0.0117. The molecule has 574 valence electrons. The standard InChI is InChI=1S/C73H123N9O19/c1-68(2,3)96-60(88)45-81(46-61(89)97-69(4,5)6)54(66(94)100-72(13,14)15)29-23-27-41-75-56(84)38-37-52(64(92)77-42-28-24-30-55(67(95)101-73(16,17)18)82(47-62(90)98-70(7,8)9)48-63(91)99-71(10,11)12)79-57(85)31-21-19-20-26-40-76-59(87)43-53(80-58(86)32-22-25-39-74)65(93)78-44-50-33-35-51(49-83)36-34-50/h33-36,49,52-55H,19-32,37-48,74H2,1-18H3,(H,75,84)(H,76,87)(H,77,92)(H,78,93)(H,79,85)(H,80,86). The highest BCUT2D eigenvalue weighted by atomic mass is 16.6. The van der Waals surface area contributed by atoms with Gasteiger partial charge >= 0.3 is 35.8 Å². The molecule has 4 unspecified atom stereocenters. The largest absolute Gasteiger partial charge is 0.459 e. The van der Waals surface area contributed by atoms with Crippen LogP contribution in [0, 0.1) is 0 Å². The zero-order valence-electron chi connectivity index (χ0n) is 63.8. The number of hydrogen-bond acceptors (Lipinski definition) is 22. The van der Waals surface area contributed by atoms with Gasteiger partial charge in [-0.15, -0.1) is 0 Å². The van der Waals surface area contributed by atoms with E-state index in [0.717, 1.165) is 0 Å². The van der Waals surface area contributed by atoms with E-state index in [9.17, 15) is 62.3 Å². The summed E-state index contributed by atoms with van der Waals surface area (Å²) in [6.07, 6.45) is 4.81. The summed E-state index contributed by atoms with van der Waals surface area (Å²) in [4.78, 5) is 175. The van der Waals surface area contributed by atoms with E-state index in [-0.39, 0.29) is 84.0 Å². The van der Waals surface area contributed by atoms with E-state index < -0.39 is 155 Å². The molecule has 0 spiro atoms. The molecule has 0 radical (unpaired) electrons. The van der Waals surface area contributed by atoms with Crippen molar-refractivity contribution in [3.63, 3.8) is 0 Å². The number of unbranched alkanes of at least 4 members (excludes halogenated alkanes) is 6. The molecular weight excluding hydrogens is 1310 g/mol. The molecule has 1 aromatic rings. The topological polar surface area (TPSA) is 382 Å². The number of aldehydes is 1. The van der Waals surface area contributed by atoms with Crippen LogP contribution in [0.25, 0.3) is 0 Å². The van der Waals surface area contributed by atoms with Gasteiger partial charge in [0, 0.05) is 51.0 Å². The van der Waals surface area contributed by atoms with Gasteiger partial charge in [0.2, 0.25) is 35.4 Å². The number of hydrogen-bond donors (Lipinski definition) is 7. The molecule has 28 nitrogen and oxygen atoms in total. The van der Waals surface area contributed by atoms with E-state index in [1.165, 1.54) is 9.80 Å². The first-order chi connectivity index (χ1) is 46.7. The Hall–Kier alpha value is -7.59. The zero-order chi connectivity index (χ0) is 77.0. The molecule has 0 aliphatic rings. The first-order valence-electron chi connectivity index (χ1n) is 35.4. The van der Waals surface area contributed by atoms with E-state index in [2.05, 4.69) is 31.9 Å². The van der Waals surface area contributed by atoms with Crippen molar-refractivity contribution in [2.75, 3.05) is 52.4 Å². The van der Waals surface area contributed by atoms with E-state index in [1.54, 1.807) is 149 Å². The lowest BCUT2D eigenvalue weighted by molar-refractivity contribution is -0.171. The predicted molar refractivity (Wildman–Crippen MR) is 380 cm³/mol. The van der Waals surface area contributed by atoms with Crippen LogP contribution in [-0.2, 0) is 92.5 Å². The summed E-state index contributed by atoms with van der Waals surface area (Å²) >= 11 is 0. The Morgan fingerprint density at radius 3 is 1.15 bits per heavy atom. The van der Waals surface area contributed by atoms with Gasteiger partial charge < -0.3 is 66.1 Å². The van der Waals surface area contributed by atoms with Gasteiger partial charge in [0.25, 0.3) is 0 Å². The number of benzene rings is 1. The molecule has 0 bridgehead atoms. The SMILES string of the molecule is CC(C)(C)OC(=O)CN(CC(=O)OC(C)(C)C)C(CCCCNC(=O)CCC(NC(=O)CCCCCCNC(=O)CC(NC(=O)CCCCN)C(=O)NCc1ccc(C=O)cc1)C(=O)NCCCCC(C(=O)OC(C)(C)C)N(CC(=O)OC(C)(C)C)CC(=O)OC(C)(C)C)C(=O)OC(C)(C)C. The molecule has 28 heteroatoms. The number of ether oxygens (including phenoxy) is 6. The summed E-state index contributed by atoms with van der Waals surface area (Å²) in [7, 11) is 0. The van der Waals surface area contributed by atoms with E-state index in [0.29, 0.717) is 75.3 Å². The number of carbonyl (C=O) groups is 13. The smallest absolute Gasteiger partial charge is 0.323 e. The summed E-state index contributed by atoms with van der Waals surface area (Å²) < 4.78 is 33.8. The van der Waals surface area contributed by atoms with Gasteiger partial charge in [-0.3, -0.25) is 72.1 Å². The van der Waals surface area contributed by atoms with Crippen molar-refractivity contribution in [2.24, 2.45) is 5.73 Å². The van der Waals surface area contributed by atoms with Crippen molar-refractivity contribution >= 4 is 77.5 Å². The van der Waals surface area contributed by atoms with Crippen LogP contribution in [0.2, 0.25) is 0 Å². The van der Waals surface area contributed by atoms with Crippen molar-refractivity contribution in [3.8, 4) is 0 Å². The van der Waals surface area contributed by atoms with Crippen LogP contribution in [0.1, 0.15) is 250 Å². The normalized spacial score (nSPS) is 13.3. The average Bonchev–Trinajstić information content (AvgIpc) is 0.852. The summed E-state index contributed by atoms with van der Waals surface area (Å²) in [6.45, 7) is 29.6. The third-order valence-corrected chi connectivity index (χ3v) is 14.1. The number of esters is 6. The fraction of sp³-hybridized carbons (Fsp3) is 0.740. The van der Waals surface area contributed by atoms with Gasteiger partial charge in [0.1, 0.15) is 64.1 Å². The number of nitrogens with zero attached hydrogens (tertiary/aromatic N) is 2. The molecule has 0 heterocycles. The van der Waals surface area contributed by atoms with E-state index in [1.807, 2.05) is 0 Å². The second kappa shape index (κ2) is 44.7. The Morgan fingerprint density at radius 1 is 0.396 bits per heavy atom. The van der Waals surface area contributed by atoms with Gasteiger partial charge in [-0.05, 0) is 207 Å². The van der Waals surface area contributed by atoms with E-state index in [4.69, 9.17) is 34.2 Å². The van der Waals surface area contributed by atoms with Crippen LogP contribution >= 0.6 is 0 Å². The molecule has 6 amide bonds. The van der Waals surface area contributed by atoms with Crippen LogP contribution in [0.3, 0.4) is 0 Å². The highest BCUT2D eigenvalue weighted by Crippen LogP contribution is 2.22. The highest BCUT2D eigenvalue weighted by molar-refractivity contribution is 5.92. The first kappa shape index (κ1) is 91.4. The first-order valence-corrected chi connectivity index (χ1v) is 35.4. The Kier molecular flexibility index (Phi) is 40.5. The zero-order valence-corrected chi connectivity index (χ0v) is 63.8. The summed E-state index contributed by atoms with van der Waals surface area (Å²) in [6, 6.07) is 2.04. The lowest BCUT2D eigenvalue weighted by Gasteiger charge is -2.33. The lowest BCUT2D eigenvalue weighted by atomic mass is 10.1. The monoisotopic (exact) mass is 1430 g/mol. The van der Waals surface area contributed by atoms with Crippen LogP contribution < -0.4 is 37.6 Å². The number of nitrogens with one attached hydrogen (secondary N) is 6. The molecule has 101 heavy (non-hydrogen) atoms. The van der Waals surface area contributed by atoms with Crippen molar-refractivity contribution in [1.82, 2.24) is 41.7 Å². The minimum atomic E-state index is -1.18. The highest BCUT2D eigenvalue weighted by Gasteiger charge is 2.37. The van der Waals surface area contributed by atoms with Crippen LogP contribution in [0.15, 0.2) is 24.3 Å². The maximum absolute atomic E-state index is 14.1. The van der Waals surface area contributed by atoms with Crippen molar-refractivity contribution < 1.29 is 90.8 Å². The van der Waals surface area contributed by atoms with Gasteiger partial charge in [-0.2, -0.15) is 0 Å². The summed E-state index contributed by atoms with van der Waals surface area (Å²) in [5.74, 6) is -7.02. The Labute approximate surface area is 599 Å². The molecule has 0 aromatic heterocycles. The van der Waals surface area contributed by atoms with Gasteiger partial charge in [0.15, 0.2) is 0 Å². The molecule has 0 aliphatic carbocycles. The predicted octanol–water partition coefficient (Wildman–Crippen LogP) is 6.42. The molecule has 1 rings (SSSR count). The third-order valence-electron chi connectivity index (χ3n) is 14.1. The fourth-order valence-corrected chi connectivity index (χ4v) is 9.92. The Bertz CT molecular complexity index is 2760. The summed E-state index contributed by atoms with van der Waals surface area (Å²) in [5.41, 5.74) is 1.43. The van der Waals surface area contributed by atoms with Crippen molar-refractivity contribution in [3.05, 3.63) is 35.4 Å². The lowest BCUT2D eigenvalue weighted by Crippen LogP contribution is -2.50. The second-order valence-electron chi connectivity index (χ2n) is 31.2. The maximum atomic E-state index is 14.1. The van der Waals surface area contributed by atoms with Gasteiger partial charge in [-0.1, -0.05) is 37.1 Å². The number of amides is 6. The molecule has 0 fully saturated rings. The molecular formula is C73H123N9O19. The molecule has 1 aromatic carbocycles. The van der Waals surface area contributed by atoms with Crippen LogP contribution in [0.4, 0.5) is 0 Å². The number of rotatable bonds is 45. The molecule has 4 atom stereocenters. The fourth-order valence-electron chi connectivity index (χ4n) is 9.92. The Morgan fingerprint density at radius 2 is 0.752 bits per heavy atom. The maximum Gasteiger partial charge on any atom is 0.323 e. The van der Waals surface area contributed by atoms with E-state index >= 15 is 0 Å². The quantitative estimate of drug-likeness (QED) is 0.0160. The number of nitrogens with two attached hydrogens (primary N) is 1. The second-order valence-corrected chi connectivity index (χ2v) is 31.2. The average molecular weight is 1430 g/mol. The molecule has 8 N–H and O–H groups in total. The van der Waals surface area contributed by atoms with Gasteiger partial charge in [0.05, 0.1) is 32.6 Å². The van der Waals surface area contributed by atoms with Crippen LogP contribution in [0.5, 0.6) is 0 Å². The molecule has 0 aliphatic heterocycles. The minimum Gasteiger partial charge on any atom is -0.459 e. The third kappa shape index (κ3) is 46.5. The molecule has 0 saturated heterocycles. The Balaban J connectivity index is 3.30. The van der Waals surface area contributed by atoms with Gasteiger partial charge in [-0.25, -0.2) is 0 Å². The number of carbonyl (C=O) groups excluding carboxylic acids is 13. The van der Waals surface area contributed by atoms with Crippen molar-refractivity contribution in [1.29, 1.82) is 0 Å². The van der Waals surface area contributed by atoms with Crippen LogP contribution in [-0.4, -0.2) is 197 Å². The van der Waals surface area contributed by atoms with Crippen molar-refractivity contribution in [2.45, 2.75) is 298 Å². The molecule has 0 saturated carbocycles. The summed E-state index contributed by atoms with van der Waals surface area (Å²) in [5, 5.41) is 16.7.